The Morgan fingerprint density at radius 3 is 2.41 bits per heavy atom. The minimum atomic E-state index is -0.205. The maximum atomic E-state index is 12.5. The molecule has 174 valence electrons. The molecular formula is C27H28N4O3. The van der Waals surface area contributed by atoms with Crippen LogP contribution in [0, 0.1) is 0 Å². The number of Topliss-reactive ketones (excluding diaryl/α,β-unsaturated/α-hetero) is 1. The van der Waals surface area contributed by atoms with Gasteiger partial charge in [-0.05, 0) is 68.7 Å². The number of amides is 1. The molecule has 3 aromatic carbocycles. The average molecular weight is 457 g/mol. The van der Waals surface area contributed by atoms with E-state index in [2.05, 4.69) is 15.3 Å². The number of para-hydroxylation sites is 1. The molecule has 7 heteroatoms. The molecule has 0 fully saturated rings. The van der Waals surface area contributed by atoms with Crippen LogP contribution in [0.1, 0.15) is 23.2 Å². The number of hydrogen-bond donors (Lipinski definition) is 1. The zero-order valence-electron chi connectivity index (χ0n) is 19.4. The van der Waals surface area contributed by atoms with Gasteiger partial charge in [0.1, 0.15) is 11.5 Å². The average Bonchev–Trinajstić information content (AvgIpc) is 3.25. The van der Waals surface area contributed by atoms with E-state index in [4.69, 9.17) is 4.74 Å². The van der Waals surface area contributed by atoms with E-state index in [1.54, 1.807) is 24.3 Å². The van der Waals surface area contributed by atoms with Crippen LogP contribution in [0.3, 0.4) is 0 Å². The number of nitrogens with one attached hydrogen (secondary N) is 1. The minimum Gasteiger partial charge on any atom is -0.457 e. The molecule has 1 amide bonds. The predicted molar refractivity (Wildman–Crippen MR) is 133 cm³/mol. The van der Waals surface area contributed by atoms with E-state index in [1.165, 1.54) is 0 Å². The summed E-state index contributed by atoms with van der Waals surface area (Å²) in [6.07, 6.45) is 2.24. The first-order valence-electron chi connectivity index (χ1n) is 11.2. The van der Waals surface area contributed by atoms with Gasteiger partial charge in [-0.1, -0.05) is 18.2 Å². The fourth-order valence-electron chi connectivity index (χ4n) is 3.49. The Labute approximate surface area is 199 Å². The highest BCUT2D eigenvalue weighted by Crippen LogP contribution is 2.22. The van der Waals surface area contributed by atoms with Crippen molar-refractivity contribution in [1.29, 1.82) is 0 Å². The van der Waals surface area contributed by atoms with Crippen LogP contribution in [-0.4, -0.2) is 47.0 Å². The number of hydrogen-bond acceptors (Lipinski definition) is 5. The van der Waals surface area contributed by atoms with Crippen LogP contribution >= 0.6 is 0 Å². The number of anilines is 1. The molecule has 7 nitrogen and oxygen atoms in total. The lowest BCUT2D eigenvalue weighted by atomic mass is 10.1. The molecule has 1 N–H and O–H groups in total. The molecule has 1 heterocycles. The molecule has 0 bridgehead atoms. The van der Waals surface area contributed by atoms with Crippen molar-refractivity contribution >= 4 is 28.3 Å². The number of benzene rings is 3. The van der Waals surface area contributed by atoms with E-state index in [1.807, 2.05) is 73.5 Å². The van der Waals surface area contributed by atoms with Gasteiger partial charge in [-0.3, -0.25) is 14.3 Å². The third-order valence-electron chi connectivity index (χ3n) is 5.35. The molecule has 0 aliphatic rings. The molecule has 0 aliphatic heterocycles. The van der Waals surface area contributed by atoms with Gasteiger partial charge in [0.15, 0.2) is 5.78 Å². The summed E-state index contributed by atoms with van der Waals surface area (Å²) in [7, 11) is 4.05. The van der Waals surface area contributed by atoms with Gasteiger partial charge < -0.3 is 15.0 Å². The Morgan fingerprint density at radius 1 is 0.941 bits per heavy atom. The number of aromatic nitrogens is 2. The topological polar surface area (TPSA) is 76.5 Å². The number of carbonyl (C=O) groups excluding carboxylic acids is 2. The summed E-state index contributed by atoms with van der Waals surface area (Å²) in [4.78, 5) is 27.0. The van der Waals surface area contributed by atoms with Gasteiger partial charge >= 0.3 is 0 Å². The first-order valence-corrected chi connectivity index (χ1v) is 11.2. The van der Waals surface area contributed by atoms with Crippen molar-refractivity contribution < 1.29 is 14.3 Å². The molecule has 0 aliphatic carbocycles. The van der Waals surface area contributed by atoms with Crippen LogP contribution in [0.15, 0.2) is 79.0 Å². The van der Waals surface area contributed by atoms with Crippen LogP contribution in [-0.2, 0) is 11.3 Å². The molecule has 4 rings (SSSR count). The molecule has 0 unspecified atom stereocenters. The SMILES string of the molecule is CN(C)CCn1cc2ccc(NC(=O)CCC(=O)c3ccc(Oc4ccccc4)cc3)cc2n1. The Hall–Kier alpha value is -3.97. The van der Waals surface area contributed by atoms with Gasteiger partial charge in [-0.25, -0.2) is 0 Å². The summed E-state index contributed by atoms with van der Waals surface area (Å²) >= 11 is 0. The van der Waals surface area contributed by atoms with Crippen LogP contribution in [0.2, 0.25) is 0 Å². The standard InChI is InChI=1S/C27H28N4O3/c1-30(2)16-17-31-19-21-8-11-22(18-25(21)29-31)28-27(33)15-14-26(32)20-9-12-24(13-10-20)34-23-6-4-3-5-7-23/h3-13,18-19H,14-17H2,1-2H3,(H,28,33). The Bertz CT molecular complexity index is 1260. The zero-order chi connectivity index (χ0) is 23.9. The van der Waals surface area contributed by atoms with Crippen LogP contribution in [0.5, 0.6) is 11.5 Å². The van der Waals surface area contributed by atoms with Gasteiger partial charge in [-0.2, -0.15) is 5.10 Å². The number of ketones is 1. The van der Waals surface area contributed by atoms with Gasteiger partial charge in [0, 0.05) is 42.2 Å². The van der Waals surface area contributed by atoms with E-state index in [0.717, 1.165) is 29.7 Å². The Morgan fingerprint density at radius 2 is 1.68 bits per heavy atom. The summed E-state index contributed by atoms with van der Waals surface area (Å²) in [5.41, 5.74) is 2.05. The molecule has 34 heavy (non-hydrogen) atoms. The van der Waals surface area contributed by atoms with Crippen molar-refractivity contribution in [2.24, 2.45) is 0 Å². The number of ether oxygens (including phenoxy) is 1. The van der Waals surface area contributed by atoms with Crippen LogP contribution < -0.4 is 10.1 Å². The van der Waals surface area contributed by atoms with Gasteiger partial charge in [0.25, 0.3) is 0 Å². The third kappa shape index (κ3) is 6.30. The lowest BCUT2D eigenvalue weighted by molar-refractivity contribution is -0.116. The smallest absolute Gasteiger partial charge is 0.224 e. The molecule has 4 aromatic rings. The molecule has 0 spiro atoms. The normalized spacial score (nSPS) is 11.0. The van der Waals surface area contributed by atoms with Gasteiger partial charge in [0.2, 0.25) is 5.91 Å². The maximum Gasteiger partial charge on any atom is 0.224 e. The van der Waals surface area contributed by atoms with Crippen molar-refractivity contribution in [2.45, 2.75) is 19.4 Å². The van der Waals surface area contributed by atoms with Gasteiger partial charge in [0.05, 0.1) is 12.1 Å². The first kappa shape index (κ1) is 23.2. The lowest BCUT2D eigenvalue weighted by Crippen LogP contribution is -2.18. The number of nitrogens with zero attached hydrogens (tertiary/aromatic N) is 3. The molecule has 0 radical (unpaired) electrons. The van der Waals surface area contributed by atoms with Crippen molar-refractivity contribution in [3.05, 3.63) is 84.6 Å². The Kier molecular flexibility index (Phi) is 7.34. The summed E-state index contributed by atoms with van der Waals surface area (Å²) in [6.45, 7) is 1.69. The van der Waals surface area contributed by atoms with Crippen LogP contribution in [0.4, 0.5) is 5.69 Å². The van der Waals surface area contributed by atoms with Crippen molar-refractivity contribution in [3.63, 3.8) is 0 Å². The zero-order valence-corrected chi connectivity index (χ0v) is 19.4. The Balaban J connectivity index is 1.28. The predicted octanol–water partition coefficient (Wildman–Crippen LogP) is 4.99. The summed E-state index contributed by atoms with van der Waals surface area (Å²) < 4.78 is 7.66. The fourth-order valence-corrected chi connectivity index (χ4v) is 3.49. The van der Waals surface area contributed by atoms with E-state index >= 15 is 0 Å². The number of fused-ring (bicyclic) bond motifs is 1. The first-order chi connectivity index (χ1) is 16.5. The largest absolute Gasteiger partial charge is 0.457 e. The van der Waals surface area contributed by atoms with E-state index in [9.17, 15) is 9.59 Å². The lowest BCUT2D eigenvalue weighted by Gasteiger charge is -2.08. The quantitative estimate of drug-likeness (QED) is 0.340. The molecular weight excluding hydrogens is 428 g/mol. The molecule has 1 aromatic heterocycles. The summed E-state index contributed by atoms with van der Waals surface area (Å²) in [5.74, 6) is 1.09. The maximum absolute atomic E-state index is 12.5. The van der Waals surface area contributed by atoms with Crippen LogP contribution in [0.25, 0.3) is 10.9 Å². The molecule has 0 atom stereocenters. The summed E-state index contributed by atoms with van der Waals surface area (Å²) in [5, 5.41) is 8.46. The van der Waals surface area contributed by atoms with E-state index < -0.39 is 0 Å². The molecule has 0 saturated carbocycles. The van der Waals surface area contributed by atoms with Crippen molar-refractivity contribution in [3.8, 4) is 11.5 Å². The monoisotopic (exact) mass is 456 g/mol. The minimum absolute atomic E-state index is 0.0866. The third-order valence-corrected chi connectivity index (χ3v) is 5.35. The highest BCUT2D eigenvalue weighted by molar-refractivity contribution is 6.00. The second-order valence-electron chi connectivity index (χ2n) is 8.38. The molecule has 0 saturated heterocycles. The van der Waals surface area contributed by atoms with Crippen molar-refractivity contribution in [2.75, 3.05) is 26.0 Å². The van der Waals surface area contributed by atoms with Crippen molar-refractivity contribution in [1.82, 2.24) is 14.7 Å². The fraction of sp³-hybridized carbons (Fsp3) is 0.222. The number of carbonyl (C=O) groups is 2. The number of rotatable bonds is 10. The van der Waals surface area contributed by atoms with E-state index in [-0.39, 0.29) is 24.5 Å². The van der Waals surface area contributed by atoms with Gasteiger partial charge in [-0.15, -0.1) is 0 Å². The van der Waals surface area contributed by atoms with E-state index in [0.29, 0.717) is 17.0 Å². The highest BCUT2D eigenvalue weighted by Gasteiger charge is 2.11. The number of likely N-dealkylation sites (N-methyl/N-ethyl adjacent to an activating group) is 1. The second kappa shape index (κ2) is 10.8. The highest BCUT2D eigenvalue weighted by atomic mass is 16.5. The summed E-state index contributed by atoms with van der Waals surface area (Å²) in [6, 6.07) is 22.1. The second-order valence-corrected chi connectivity index (χ2v) is 8.38.